The number of rotatable bonds is 6. The van der Waals surface area contributed by atoms with E-state index < -0.39 is 0 Å². The summed E-state index contributed by atoms with van der Waals surface area (Å²) in [5.74, 6) is 0.643. The highest BCUT2D eigenvalue weighted by Crippen LogP contribution is 2.29. The van der Waals surface area contributed by atoms with Crippen molar-refractivity contribution >= 4 is 39.2 Å². The van der Waals surface area contributed by atoms with Gasteiger partial charge in [0.25, 0.3) is 11.5 Å². The minimum atomic E-state index is -0.0189. The van der Waals surface area contributed by atoms with Crippen LogP contribution in [0.2, 0.25) is 0 Å². The quantitative estimate of drug-likeness (QED) is 0.344. The molecule has 0 radical (unpaired) electrons. The Morgan fingerprint density at radius 1 is 1.29 bits per heavy atom. The maximum Gasteiger partial charge on any atom is 0.263 e. The summed E-state index contributed by atoms with van der Waals surface area (Å²) in [6.45, 7) is 8.19. The lowest BCUT2D eigenvalue weighted by molar-refractivity contribution is 0.0827. The molecule has 0 unspecified atom stereocenters. The van der Waals surface area contributed by atoms with Crippen molar-refractivity contribution in [2.75, 3.05) is 14.1 Å². The average Bonchev–Trinajstić information content (AvgIpc) is 2.96. The molecule has 0 bridgehead atoms. The Bertz CT molecular complexity index is 1100. The van der Waals surface area contributed by atoms with Crippen LogP contribution in [0.4, 0.5) is 0 Å². The molecule has 3 rings (SSSR count). The number of hydrogen-bond donors (Lipinski definition) is 0. The van der Waals surface area contributed by atoms with Gasteiger partial charge >= 0.3 is 0 Å². The highest BCUT2D eigenvalue weighted by molar-refractivity contribution is 7.98. The third kappa shape index (κ3) is 3.91. The van der Waals surface area contributed by atoms with E-state index in [9.17, 15) is 9.59 Å². The van der Waals surface area contributed by atoms with Crippen molar-refractivity contribution < 1.29 is 4.79 Å². The molecule has 5 nitrogen and oxygen atoms in total. The third-order valence-corrected chi connectivity index (χ3v) is 6.69. The minimum absolute atomic E-state index is 0.0128. The Morgan fingerprint density at radius 2 is 1.96 bits per heavy atom. The molecular formula is C21H23N3O2S2. The standard InChI is InChI=1S/C21H23N3O2S2/c1-6-11-24-20(26)17-13(2)14(3)28-18(17)22-21(24)27-12-15-7-9-16(10-8-15)19(25)23(4)5/h6-10H,1,11-12H2,2-5H3. The van der Waals surface area contributed by atoms with Gasteiger partial charge in [-0.3, -0.25) is 14.2 Å². The molecule has 0 saturated heterocycles. The van der Waals surface area contributed by atoms with Crippen LogP contribution in [0.1, 0.15) is 26.4 Å². The number of aromatic nitrogens is 2. The van der Waals surface area contributed by atoms with E-state index >= 15 is 0 Å². The van der Waals surface area contributed by atoms with Crippen LogP contribution >= 0.6 is 23.1 Å². The van der Waals surface area contributed by atoms with Gasteiger partial charge in [0, 0.05) is 36.8 Å². The number of thiophene rings is 1. The zero-order valence-electron chi connectivity index (χ0n) is 16.5. The first-order valence-electron chi connectivity index (χ1n) is 8.88. The number of aryl methyl sites for hydroxylation is 2. The molecule has 0 fully saturated rings. The number of allylic oxidation sites excluding steroid dienone is 1. The van der Waals surface area contributed by atoms with E-state index in [1.54, 1.807) is 41.0 Å². The zero-order valence-corrected chi connectivity index (χ0v) is 18.1. The predicted octanol–water partition coefficient (Wildman–Crippen LogP) is 4.25. The number of benzene rings is 1. The third-order valence-electron chi connectivity index (χ3n) is 4.54. The lowest BCUT2D eigenvalue weighted by Crippen LogP contribution is -2.22. The number of carbonyl (C=O) groups excluding carboxylic acids is 1. The van der Waals surface area contributed by atoms with Gasteiger partial charge in [0.1, 0.15) is 4.83 Å². The Labute approximate surface area is 172 Å². The number of hydrogen-bond acceptors (Lipinski definition) is 5. The number of amides is 1. The molecule has 7 heteroatoms. The van der Waals surface area contributed by atoms with Crippen LogP contribution in [-0.4, -0.2) is 34.5 Å². The lowest BCUT2D eigenvalue weighted by Gasteiger charge is -2.12. The Balaban J connectivity index is 1.89. The van der Waals surface area contributed by atoms with E-state index in [1.165, 1.54) is 11.8 Å². The summed E-state index contributed by atoms with van der Waals surface area (Å²) in [5.41, 5.74) is 2.72. The van der Waals surface area contributed by atoms with Crippen LogP contribution < -0.4 is 5.56 Å². The van der Waals surface area contributed by atoms with Crippen molar-refractivity contribution in [2.24, 2.45) is 0 Å². The molecule has 1 amide bonds. The van der Waals surface area contributed by atoms with Crippen molar-refractivity contribution in [1.82, 2.24) is 14.5 Å². The lowest BCUT2D eigenvalue weighted by atomic mass is 10.1. The topological polar surface area (TPSA) is 55.2 Å². The minimum Gasteiger partial charge on any atom is -0.345 e. The summed E-state index contributed by atoms with van der Waals surface area (Å²) in [7, 11) is 3.47. The summed E-state index contributed by atoms with van der Waals surface area (Å²) in [5, 5.41) is 1.40. The summed E-state index contributed by atoms with van der Waals surface area (Å²) >= 11 is 3.08. The van der Waals surface area contributed by atoms with Gasteiger partial charge in [0.15, 0.2) is 5.16 Å². The molecule has 0 N–H and O–H groups in total. The fourth-order valence-corrected chi connectivity index (χ4v) is 4.89. The molecule has 0 aliphatic rings. The first kappa shape index (κ1) is 20.4. The Kier molecular flexibility index (Phi) is 6.05. The van der Waals surface area contributed by atoms with Crippen LogP contribution in [0.5, 0.6) is 0 Å². The van der Waals surface area contributed by atoms with Gasteiger partial charge in [-0.25, -0.2) is 4.98 Å². The van der Waals surface area contributed by atoms with Crippen molar-refractivity contribution in [2.45, 2.75) is 31.3 Å². The van der Waals surface area contributed by atoms with Gasteiger partial charge in [-0.05, 0) is 37.1 Å². The van der Waals surface area contributed by atoms with E-state index in [0.29, 0.717) is 28.4 Å². The van der Waals surface area contributed by atoms with Crippen LogP contribution in [0, 0.1) is 13.8 Å². The molecule has 2 aromatic heterocycles. The average molecular weight is 414 g/mol. The second-order valence-corrected chi connectivity index (χ2v) is 8.89. The molecule has 0 aliphatic carbocycles. The molecule has 146 valence electrons. The van der Waals surface area contributed by atoms with Crippen molar-refractivity contribution in [1.29, 1.82) is 0 Å². The van der Waals surface area contributed by atoms with Gasteiger partial charge in [-0.2, -0.15) is 0 Å². The molecule has 0 atom stereocenters. The van der Waals surface area contributed by atoms with E-state index in [4.69, 9.17) is 4.98 Å². The second-order valence-electron chi connectivity index (χ2n) is 6.75. The molecule has 28 heavy (non-hydrogen) atoms. The predicted molar refractivity (Wildman–Crippen MR) is 118 cm³/mol. The number of nitrogens with zero attached hydrogens (tertiary/aromatic N) is 3. The number of thioether (sulfide) groups is 1. The van der Waals surface area contributed by atoms with Crippen LogP contribution in [-0.2, 0) is 12.3 Å². The summed E-state index contributed by atoms with van der Waals surface area (Å²) in [6, 6.07) is 7.55. The molecule has 0 spiro atoms. The maximum atomic E-state index is 13.0. The van der Waals surface area contributed by atoms with E-state index in [-0.39, 0.29) is 11.5 Å². The molecule has 0 aliphatic heterocycles. The Hall–Kier alpha value is -2.38. The van der Waals surface area contributed by atoms with Gasteiger partial charge < -0.3 is 4.90 Å². The van der Waals surface area contributed by atoms with Crippen LogP contribution in [0.15, 0.2) is 46.9 Å². The van der Waals surface area contributed by atoms with E-state index in [0.717, 1.165) is 20.8 Å². The first-order chi connectivity index (χ1) is 13.3. The van der Waals surface area contributed by atoms with Crippen LogP contribution in [0.25, 0.3) is 10.2 Å². The van der Waals surface area contributed by atoms with Gasteiger partial charge in [-0.15, -0.1) is 17.9 Å². The SMILES string of the molecule is C=CCn1c(SCc2ccc(C(=O)N(C)C)cc2)nc2sc(C)c(C)c2c1=O. The largest absolute Gasteiger partial charge is 0.345 e. The monoisotopic (exact) mass is 413 g/mol. The fraction of sp³-hybridized carbons (Fsp3) is 0.286. The number of carbonyl (C=O) groups is 1. The normalized spacial score (nSPS) is 11.0. The zero-order chi connectivity index (χ0) is 20.4. The molecule has 3 aromatic rings. The molecule has 1 aromatic carbocycles. The van der Waals surface area contributed by atoms with E-state index in [1.807, 2.05) is 38.1 Å². The molecule has 2 heterocycles. The number of fused-ring (bicyclic) bond motifs is 1. The summed E-state index contributed by atoms with van der Waals surface area (Å²) in [4.78, 5) is 33.2. The highest BCUT2D eigenvalue weighted by Gasteiger charge is 2.16. The smallest absolute Gasteiger partial charge is 0.263 e. The second kappa shape index (κ2) is 8.32. The van der Waals surface area contributed by atoms with Crippen molar-refractivity contribution in [3.63, 3.8) is 0 Å². The van der Waals surface area contributed by atoms with Crippen molar-refractivity contribution in [3.05, 3.63) is 68.8 Å². The Morgan fingerprint density at radius 3 is 2.57 bits per heavy atom. The van der Waals surface area contributed by atoms with Crippen molar-refractivity contribution in [3.8, 4) is 0 Å². The molecular weight excluding hydrogens is 390 g/mol. The molecule has 0 saturated carbocycles. The van der Waals surface area contributed by atoms with Gasteiger partial charge in [-0.1, -0.05) is 30.0 Å². The highest BCUT2D eigenvalue weighted by atomic mass is 32.2. The van der Waals surface area contributed by atoms with Gasteiger partial charge in [0.05, 0.1) is 5.39 Å². The first-order valence-corrected chi connectivity index (χ1v) is 10.7. The fourth-order valence-electron chi connectivity index (χ4n) is 2.86. The van der Waals surface area contributed by atoms with E-state index in [2.05, 4.69) is 6.58 Å². The summed E-state index contributed by atoms with van der Waals surface area (Å²) < 4.78 is 1.68. The maximum absolute atomic E-state index is 13.0. The summed E-state index contributed by atoms with van der Waals surface area (Å²) in [6.07, 6.45) is 1.72. The van der Waals surface area contributed by atoms with Gasteiger partial charge in [0.2, 0.25) is 0 Å². The van der Waals surface area contributed by atoms with Crippen LogP contribution in [0.3, 0.4) is 0 Å².